The van der Waals surface area contributed by atoms with Crippen molar-refractivity contribution in [1.29, 1.82) is 0 Å². The van der Waals surface area contributed by atoms with E-state index in [2.05, 4.69) is 10.3 Å². The Balaban J connectivity index is 3.02. The molecule has 0 aliphatic carbocycles. The minimum Gasteiger partial charge on any atom is -0.481 e. The van der Waals surface area contributed by atoms with Gasteiger partial charge in [-0.1, -0.05) is 6.08 Å². The first-order valence-corrected chi connectivity index (χ1v) is 5.78. The number of rotatable bonds is 6. The number of ether oxygens (including phenoxy) is 1. The third kappa shape index (κ3) is 4.24. The lowest BCUT2D eigenvalue weighted by molar-refractivity contribution is -0.137. The van der Waals surface area contributed by atoms with E-state index in [4.69, 9.17) is 9.84 Å². The number of pyridine rings is 1. The molecule has 0 bridgehead atoms. The molecule has 104 valence electrons. The molecule has 1 aromatic heterocycles. The fourth-order valence-corrected chi connectivity index (χ4v) is 1.57. The van der Waals surface area contributed by atoms with Crippen molar-refractivity contribution in [2.75, 3.05) is 7.11 Å². The summed E-state index contributed by atoms with van der Waals surface area (Å²) in [6, 6.07) is 0.691. The molecule has 0 amide bonds. The van der Waals surface area contributed by atoms with Crippen molar-refractivity contribution in [1.82, 2.24) is 10.3 Å². The van der Waals surface area contributed by atoms with E-state index >= 15 is 0 Å². The minimum atomic E-state index is -0.974. The smallest absolute Gasteiger partial charge is 0.305 e. The van der Waals surface area contributed by atoms with Crippen LogP contribution in [0.5, 0.6) is 5.88 Å². The lowest BCUT2D eigenvalue weighted by Crippen LogP contribution is -2.22. The van der Waals surface area contributed by atoms with E-state index in [1.807, 2.05) is 19.9 Å². The summed E-state index contributed by atoms with van der Waals surface area (Å²) in [6.45, 7) is 3.63. The summed E-state index contributed by atoms with van der Waals surface area (Å²) in [4.78, 5) is 14.7. The summed E-state index contributed by atoms with van der Waals surface area (Å²) in [5.74, 6) is -1.70. The monoisotopic (exact) mass is 268 g/mol. The predicted molar refractivity (Wildman–Crippen MR) is 68.3 cm³/mol. The van der Waals surface area contributed by atoms with Gasteiger partial charge in [-0.15, -0.1) is 0 Å². The first kappa shape index (κ1) is 14.9. The van der Waals surface area contributed by atoms with Crippen LogP contribution in [0.2, 0.25) is 0 Å². The molecule has 1 atom stereocenters. The number of carboxylic acid groups (broad SMARTS) is 1. The van der Waals surface area contributed by atoms with Gasteiger partial charge in [0.15, 0.2) is 5.82 Å². The number of aromatic nitrogens is 1. The topological polar surface area (TPSA) is 71.5 Å². The lowest BCUT2D eigenvalue weighted by atomic mass is 10.1. The molecule has 0 fully saturated rings. The maximum Gasteiger partial charge on any atom is 0.305 e. The number of halogens is 1. The van der Waals surface area contributed by atoms with Gasteiger partial charge in [0.25, 0.3) is 0 Å². The van der Waals surface area contributed by atoms with Crippen molar-refractivity contribution < 1.29 is 19.0 Å². The molecule has 2 N–H and O–H groups in total. The molecule has 1 rings (SSSR count). The van der Waals surface area contributed by atoms with E-state index in [0.717, 1.165) is 5.70 Å². The second-order valence-corrected chi connectivity index (χ2v) is 4.03. The highest BCUT2D eigenvalue weighted by molar-refractivity contribution is 5.68. The largest absolute Gasteiger partial charge is 0.481 e. The summed E-state index contributed by atoms with van der Waals surface area (Å²) < 4.78 is 18.3. The second-order valence-electron chi connectivity index (χ2n) is 4.03. The van der Waals surface area contributed by atoms with Gasteiger partial charge in [0.2, 0.25) is 5.88 Å². The van der Waals surface area contributed by atoms with Gasteiger partial charge < -0.3 is 15.2 Å². The summed E-state index contributed by atoms with van der Waals surface area (Å²) in [7, 11) is 1.32. The van der Waals surface area contributed by atoms with Crippen molar-refractivity contribution in [2.24, 2.45) is 0 Å². The first-order valence-electron chi connectivity index (χ1n) is 5.78. The van der Waals surface area contributed by atoms with Crippen LogP contribution in [0.3, 0.4) is 0 Å². The highest BCUT2D eigenvalue weighted by Gasteiger charge is 2.18. The van der Waals surface area contributed by atoms with E-state index < -0.39 is 17.8 Å². The molecule has 1 heterocycles. The van der Waals surface area contributed by atoms with Crippen LogP contribution in [-0.2, 0) is 4.79 Å². The Kier molecular flexibility index (Phi) is 5.29. The fourth-order valence-electron chi connectivity index (χ4n) is 1.57. The molecule has 0 radical (unpaired) electrons. The zero-order valence-electron chi connectivity index (χ0n) is 11.1. The standard InChI is InChI=1S/C13H17FN2O3/c1-4-8(2)16-11(6-12(17)18)9-5-10(14)13(19-3)15-7-9/h4-5,7,11,16H,6H2,1-3H3,(H,17,18)/b8-4+. The molecule has 0 saturated carbocycles. The Morgan fingerprint density at radius 2 is 2.37 bits per heavy atom. The van der Waals surface area contributed by atoms with Crippen molar-refractivity contribution in [3.8, 4) is 5.88 Å². The van der Waals surface area contributed by atoms with Gasteiger partial charge in [0, 0.05) is 11.9 Å². The number of nitrogens with zero attached hydrogens (tertiary/aromatic N) is 1. The highest BCUT2D eigenvalue weighted by Crippen LogP contribution is 2.22. The van der Waals surface area contributed by atoms with Crippen molar-refractivity contribution >= 4 is 5.97 Å². The normalized spacial score (nSPS) is 12.9. The summed E-state index contributed by atoms with van der Waals surface area (Å²) in [6.07, 6.45) is 3.05. The van der Waals surface area contributed by atoms with Gasteiger partial charge in [-0.25, -0.2) is 9.37 Å². The number of nitrogens with one attached hydrogen (secondary N) is 1. The van der Waals surface area contributed by atoms with E-state index in [1.54, 1.807) is 0 Å². The Morgan fingerprint density at radius 3 is 2.84 bits per heavy atom. The summed E-state index contributed by atoms with van der Waals surface area (Å²) in [5, 5.41) is 11.9. The van der Waals surface area contributed by atoms with Crippen LogP contribution in [0.1, 0.15) is 31.9 Å². The van der Waals surface area contributed by atoms with Gasteiger partial charge in [0.05, 0.1) is 19.6 Å². The maximum atomic E-state index is 13.6. The third-order valence-corrected chi connectivity index (χ3v) is 2.64. The van der Waals surface area contributed by atoms with E-state index in [9.17, 15) is 9.18 Å². The molecule has 0 spiro atoms. The maximum absolute atomic E-state index is 13.6. The molecule has 1 aromatic rings. The number of hydrogen-bond acceptors (Lipinski definition) is 4. The van der Waals surface area contributed by atoms with Gasteiger partial charge >= 0.3 is 5.97 Å². The molecule has 19 heavy (non-hydrogen) atoms. The molecule has 0 aliphatic rings. The van der Waals surface area contributed by atoms with Crippen molar-refractivity contribution in [3.63, 3.8) is 0 Å². The molecular weight excluding hydrogens is 251 g/mol. The van der Waals surface area contributed by atoms with Gasteiger partial charge in [-0.2, -0.15) is 0 Å². The SMILES string of the molecule is C/C=C(\C)NC(CC(=O)O)c1cnc(OC)c(F)c1. The Labute approximate surface area is 111 Å². The molecular formula is C13H17FN2O3. The van der Waals surface area contributed by atoms with Crippen LogP contribution >= 0.6 is 0 Å². The number of methoxy groups -OCH3 is 1. The van der Waals surface area contributed by atoms with E-state index in [-0.39, 0.29) is 12.3 Å². The second kappa shape index (κ2) is 6.72. The molecule has 6 heteroatoms. The average Bonchev–Trinajstić information content (AvgIpc) is 2.37. The van der Waals surface area contributed by atoms with Crippen molar-refractivity contribution in [2.45, 2.75) is 26.3 Å². The lowest BCUT2D eigenvalue weighted by Gasteiger charge is -2.19. The summed E-state index contributed by atoms with van der Waals surface area (Å²) >= 11 is 0. The summed E-state index contributed by atoms with van der Waals surface area (Å²) in [5.41, 5.74) is 1.27. The zero-order chi connectivity index (χ0) is 14.4. The molecule has 0 saturated heterocycles. The predicted octanol–water partition coefficient (Wildman–Crippen LogP) is 2.26. The number of carboxylic acids is 1. The van der Waals surface area contributed by atoms with Crippen LogP contribution in [0, 0.1) is 5.82 Å². The minimum absolute atomic E-state index is 0.111. The van der Waals surface area contributed by atoms with Crippen LogP contribution in [-0.4, -0.2) is 23.2 Å². The van der Waals surface area contributed by atoms with Crippen LogP contribution in [0.4, 0.5) is 4.39 Å². The number of hydrogen-bond donors (Lipinski definition) is 2. The quantitative estimate of drug-likeness (QED) is 0.828. The number of carbonyl (C=O) groups is 1. The van der Waals surface area contributed by atoms with Crippen LogP contribution in [0.15, 0.2) is 24.0 Å². The molecule has 5 nitrogen and oxygen atoms in total. The number of allylic oxidation sites excluding steroid dienone is 2. The average molecular weight is 268 g/mol. The third-order valence-electron chi connectivity index (χ3n) is 2.64. The van der Waals surface area contributed by atoms with Gasteiger partial charge in [0.1, 0.15) is 0 Å². The zero-order valence-corrected chi connectivity index (χ0v) is 11.1. The van der Waals surface area contributed by atoms with Crippen LogP contribution < -0.4 is 10.1 Å². The molecule has 0 aliphatic heterocycles. The van der Waals surface area contributed by atoms with E-state index in [0.29, 0.717) is 5.56 Å². The number of aliphatic carboxylic acids is 1. The molecule has 0 aromatic carbocycles. The highest BCUT2D eigenvalue weighted by atomic mass is 19.1. The van der Waals surface area contributed by atoms with Crippen molar-refractivity contribution in [3.05, 3.63) is 35.4 Å². The Hall–Kier alpha value is -2.11. The molecule has 1 unspecified atom stereocenters. The van der Waals surface area contributed by atoms with Gasteiger partial charge in [-0.05, 0) is 25.5 Å². The first-order chi connectivity index (χ1) is 8.97. The van der Waals surface area contributed by atoms with Gasteiger partial charge in [-0.3, -0.25) is 4.79 Å². The Bertz CT molecular complexity index is 489. The Morgan fingerprint density at radius 1 is 1.68 bits per heavy atom. The van der Waals surface area contributed by atoms with E-state index in [1.165, 1.54) is 19.4 Å². The van der Waals surface area contributed by atoms with Crippen LogP contribution in [0.25, 0.3) is 0 Å². The fraction of sp³-hybridized carbons (Fsp3) is 0.385.